The van der Waals surface area contributed by atoms with Crippen LogP contribution in [0, 0.1) is 5.82 Å². The van der Waals surface area contributed by atoms with Crippen LogP contribution in [0.3, 0.4) is 0 Å². The highest BCUT2D eigenvalue weighted by molar-refractivity contribution is 5.78. The topological polar surface area (TPSA) is 38.7 Å². The number of ether oxygens (including phenoxy) is 2. The normalized spacial score (nSPS) is 10.5. The number of rotatable bonds is 6. The van der Waals surface area contributed by atoms with Gasteiger partial charge in [-0.05, 0) is 43.7 Å². The minimum Gasteiger partial charge on any atom is -0.493 e. The highest BCUT2D eigenvalue weighted by Gasteiger charge is 2.17. The van der Waals surface area contributed by atoms with Crippen LogP contribution in [0.15, 0.2) is 36.4 Å². The van der Waals surface area contributed by atoms with Gasteiger partial charge in [0.05, 0.1) is 25.4 Å². The molecule has 0 fully saturated rings. The third-order valence-corrected chi connectivity index (χ3v) is 3.09. The number of benzene rings is 2. The monoisotopic (exact) mass is 290 g/mol. The van der Waals surface area contributed by atoms with Crippen LogP contribution in [0.1, 0.15) is 19.4 Å². The molecule has 2 aromatic carbocycles. The Morgan fingerprint density at radius 2 is 1.62 bits per heavy atom. The van der Waals surface area contributed by atoms with E-state index in [0.29, 0.717) is 30.3 Å². The number of hydrogen-bond donors (Lipinski definition) is 1. The fraction of sp³-hybridized carbons (Fsp3) is 0.294. The molecule has 0 aliphatic heterocycles. The van der Waals surface area contributed by atoms with E-state index in [1.165, 1.54) is 12.1 Å². The first-order valence-electron chi connectivity index (χ1n) is 6.99. The van der Waals surface area contributed by atoms with Crippen LogP contribution in [-0.2, 0) is 6.61 Å². The molecule has 0 aromatic heterocycles. The molecule has 0 aliphatic carbocycles. The molecule has 0 saturated carbocycles. The van der Waals surface area contributed by atoms with Gasteiger partial charge in [-0.25, -0.2) is 4.39 Å². The lowest BCUT2D eigenvalue weighted by atomic mass is 10.00. The highest BCUT2D eigenvalue weighted by atomic mass is 19.1. The summed E-state index contributed by atoms with van der Waals surface area (Å²) in [5, 5.41) is 9.50. The Kier molecular flexibility index (Phi) is 5.17. The van der Waals surface area contributed by atoms with E-state index in [1.54, 1.807) is 24.3 Å². The van der Waals surface area contributed by atoms with E-state index in [4.69, 9.17) is 9.47 Å². The van der Waals surface area contributed by atoms with E-state index in [9.17, 15) is 9.50 Å². The first kappa shape index (κ1) is 15.3. The SMILES string of the molecule is CCOc1ccc(CO)c(OCC)c1-c1ccc(F)cc1. The van der Waals surface area contributed by atoms with Crippen molar-refractivity contribution in [3.05, 3.63) is 47.8 Å². The third kappa shape index (κ3) is 3.34. The van der Waals surface area contributed by atoms with Gasteiger partial charge in [0, 0.05) is 5.56 Å². The molecule has 0 bridgehead atoms. The molecule has 0 radical (unpaired) electrons. The molecule has 0 saturated heterocycles. The number of halogens is 1. The van der Waals surface area contributed by atoms with Crippen LogP contribution in [-0.4, -0.2) is 18.3 Å². The van der Waals surface area contributed by atoms with Crippen molar-refractivity contribution >= 4 is 0 Å². The van der Waals surface area contributed by atoms with Crippen molar-refractivity contribution in [3.8, 4) is 22.6 Å². The molecule has 2 aromatic rings. The summed E-state index contributed by atoms with van der Waals surface area (Å²) in [5.74, 6) is 0.940. The van der Waals surface area contributed by atoms with E-state index in [1.807, 2.05) is 13.8 Å². The quantitative estimate of drug-likeness (QED) is 0.880. The minimum absolute atomic E-state index is 0.129. The maximum absolute atomic E-state index is 13.1. The van der Waals surface area contributed by atoms with Crippen molar-refractivity contribution in [2.75, 3.05) is 13.2 Å². The molecule has 0 aliphatic rings. The zero-order valence-electron chi connectivity index (χ0n) is 12.2. The van der Waals surface area contributed by atoms with Crippen LogP contribution < -0.4 is 9.47 Å². The van der Waals surface area contributed by atoms with Crippen molar-refractivity contribution < 1.29 is 19.0 Å². The molecular formula is C17H19FO3. The van der Waals surface area contributed by atoms with Crippen molar-refractivity contribution in [2.45, 2.75) is 20.5 Å². The second-order valence-electron chi connectivity index (χ2n) is 4.46. The first-order valence-corrected chi connectivity index (χ1v) is 6.99. The van der Waals surface area contributed by atoms with Crippen LogP contribution in [0.4, 0.5) is 4.39 Å². The third-order valence-electron chi connectivity index (χ3n) is 3.09. The van der Waals surface area contributed by atoms with Crippen LogP contribution in [0.2, 0.25) is 0 Å². The lowest BCUT2D eigenvalue weighted by molar-refractivity contribution is 0.266. The maximum Gasteiger partial charge on any atom is 0.136 e. The Morgan fingerprint density at radius 3 is 2.19 bits per heavy atom. The predicted octanol–water partition coefficient (Wildman–Crippen LogP) is 3.78. The Labute approximate surface area is 124 Å². The Hall–Kier alpha value is -2.07. The molecule has 1 N–H and O–H groups in total. The van der Waals surface area contributed by atoms with E-state index in [0.717, 1.165) is 11.1 Å². The summed E-state index contributed by atoms with van der Waals surface area (Å²) in [7, 11) is 0. The van der Waals surface area contributed by atoms with Crippen molar-refractivity contribution in [1.82, 2.24) is 0 Å². The van der Waals surface area contributed by atoms with Crippen LogP contribution in [0.25, 0.3) is 11.1 Å². The summed E-state index contributed by atoms with van der Waals surface area (Å²) in [6.07, 6.45) is 0. The Morgan fingerprint density at radius 1 is 0.952 bits per heavy atom. The van der Waals surface area contributed by atoms with Gasteiger partial charge in [-0.3, -0.25) is 0 Å². The van der Waals surface area contributed by atoms with Gasteiger partial charge in [-0.2, -0.15) is 0 Å². The molecule has 0 atom stereocenters. The van der Waals surface area contributed by atoms with Gasteiger partial charge in [-0.15, -0.1) is 0 Å². The minimum atomic E-state index is -0.298. The number of aliphatic hydroxyl groups excluding tert-OH is 1. The number of aliphatic hydroxyl groups is 1. The van der Waals surface area contributed by atoms with Gasteiger partial charge in [0.1, 0.15) is 17.3 Å². The molecule has 0 amide bonds. The largest absolute Gasteiger partial charge is 0.493 e. The van der Waals surface area contributed by atoms with E-state index in [2.05, 4.69) is 0 Å². The van der Waals surface area contributed by atoms with Crippen molar-refractivity contribution in [1.29, 1.82) is 0 Å². The van der Waals surface area contributed by atoms with Gasteiger partial charge in [-0.1, -0.05) is 12.1 Å². The second kappa shape index (κ2) is 7.09. The molecule has 0 unspecified atom stereocenters. The molecule has 21 heavy (non-hydrogen) atoms. The van der Waals surface area contributed by atoms with E-state index in [-0.39, 0.29) is 12.4 Å². The van der Waals surface area contributed by atoms with Gasteiger partial charge < -0.3 is 14.6 Å². The zero-order valence-corrected chi connectivity index (χ0v) is 12.2. The number of hydrogen-bond acceptors (Lipinski definition) is 3. The second-order valence-corrected chi connectivity index (χ2v) is 4.46. The fourth-order valence-corrected chi connectivity index (χ4v) is 2.21. The molecule has 2 rings (SSSR count). The first-order chi connectivity index (χ1) is 10.2. The summed E-state index contributed by atoms with van der Waals surface area (Å²) >= 11 is 0. The molecule has 0 spiro atoms. The zero-order chi connectivity index (χ0) is 15.2. The van der Waals surface area contributed by atoms with Crippen molar-refractivity contribution in [2.24, 2.45) is 0 Å². The standard InChI is InChI=1S/C17H19FO3/c1-3-20-15-10-7-13(11-19)17(21-4-2)16(15)12-5-8-14(18)9-6-12/h5-10,19H,3-4,11H2,1-2H3. The molecule has 112 valence electrons. The van der Waals surface area contributed by atoms with Gasteiger partial charge in [0.2, 0.25) is 0 Å². The van der Waals surface area contributed by atoms with Crippen LogP contribution >= 0.6 is 0 Å². The Bertz CT molecular complexity index is 594. The summed E-state index contributed by atoms with van der Waals surface area (Å²) in [6, 6.07) is 9.73. The van der Waals surface area contributed by atoms with E-state index >= 15 is 0 Å². The van der Waals surface area contributed by atoms with Crippen molar-refractivity contribution in [3.63, 3.8) is 0 Å². The smallest absolute Gasteiger partial charge is 0.136 e. The van der Waals surface area contributed by atoms with Gasteiger partial charge >= 0.3 is 0 Å². The molecular weight excluding hydrogens is 271 g/mol. The summed E-state index contributed by atoms with van der Waals surface area (Å²) in [5.41, 5.74) is 2.21. The summed E-state index contributed by atoms with van der Waals surface area (Å²) < 4.78 is 24.5. The molecule has 3 nitrogen and oxygen atoms in total. The lowest BCUT2D eigenvalue weighted by Gasteiger charge is -2.18. The van der Waals surface area contributed by atoms with Gasteiger partial charge in [0.25, 0.3) is 0 Å². The summed E-state index contributed by atoms with van der Waals surface area (Å²) in [6.45, 7) is 4.63. The highest BCUT2D eigenvalue weighted by Crippen LogP contribution is 2.41. The van der Waals surface area contributed by atoms with Gasteiger partial charge in [0.15, 0.2) is 0 Å². The van der Waals surface area contributed by atoms with Crippen LogP contribution in [0.5, 0.6) is 11.5 Å². The Balaban J connectivity index is 2.64. The predicted molar refractivity (Wildman–Crippen MR) is 80.1 cm³/mol. The molecule has 4 heteroatoms. The fourth-order valence-electron chi connectivity index (χ4n) is 2.21. The van der Waals surface area contributed by atoms with E-state index < -0.39 is 0 Å². The average Bonchev–Trinajstić information content (AvgIpc) is 2.49. The lowest BCUT2D eigenvalue weighted by Crippen LogP contribution is -2.02. The molecule has 0 heterocycles. The summed E-state index contributed by atoms with van der Waals surface area (Å²) in [4.78, 5) is 0. The average molecular weight is 290 g/mol. The maximum atomic E-state index is 13.1.